The Labute approximate surface area is 73.7 Å². The Morgan fingerprint density at radius 3 is 2.08 bits per heavy atom. The van der Waals surface area contributed by atoms with Gasteiger partial charge in [0.1, 0.15) is 6.17 Å². The van der Waals surface area contributed by atoms with Gasteiger partial charge in [-0.05, 0) is 12.8 Å². The quantitative estimate of drug-likeness (QED) is 0.551. The topological polar surface area (TPSA) is 20.3 Å². The zero-order valence-corrected chi connectivity index (χ0v) is 8.14. The molecule has 0 atom stereocenters. The first-order valence-corrected chi connectivity index (χ1v) is 4.59. The van der Waals surface area contributed by atoms with Crippen molar-refractivity contribution in [3.63, 3.8) is 0 Å². The van der Waals surface area contributed by atoms with Crippen LogP contribution in [0.5, 0.6) is 0 Å². The van der Waals surface area contributed by atoms with Crippen LogP contribution in [0.25, 0.3) is 0 Å². The molecule has 1 aliphatic heterocycles. The number of nitrogens with zero attached hydrogens (tertiary/aromatic N) is 1. The third-order valence-electron chi connectivity index (χ3n) is 1.87. The van der Waals surface area contributed by atoms with E-state index in [1.165, 1.54) is 6.92 Å². The van der Waals surface area contributed by atoms with Gasteiger partial charge in [0.05, 0.1) is 0 Å². The molecular weight excluding hydrogens is 157 g/mol. The molecule has 1 saturated heterocycles. The van der Waals surface area contributed by atoms with Crippen molar-refractivity contribution in [2.45, 2.75) is 39.8 Å². The molecule has 1 aliphatic rings. The molecule has 1 heterocycles. The van der Waals surface area contributed by atoms with E-state index in [9.17, 15) is 9.18 Å². The number of halogens is 1. The minimum atomic E-state index is -0.685. The SMILES string of the molecule is CC.CC(=O)N1CCC(F)CC1. The van der Waals surface area contributed by atoms with Crippen LogP contribution in [0.4, 0.5) is 4.39 Å². The standard InChI is InChI=1S/C7H12FNO.C2H6/c1-6(10)9-4-2-7(8)3-5-9;1-2/h7H,2-5H2,1H3;1-2H3. The molecule has 1 fully saturated rings. The number of hydrogen-bond acceptors (Lipinski definition) is 1. The van der Waals surface area contributed by atoms with E-state index in [1.807, 2.05) is 13.8 Å². The molecular formula is C9H18FNO. The zero-order chi connectivity index (χ0) is 9.56. The first kappa shape index (κ1) is 11.4. The number of hydrogen-bond donors (Lipinski definition) is 0. The minimum absolute atomic E-state index is 0.0619. The first-order chi connectivity index (χ1) is 5.70. The average molecular weight is 175 g/mol. The summed E-state index contributed by atoms with van der Waals surface area (Å²) in [5.41, 5.74) is 0. The fraction of sp³-hybridized carbons (Fsp3) is 0.889. The van der Waals surface area contributed by atoms with Gasteiger partial charge in [-0.15, -0.1) is 0 Å². The maximum absolute atomic E-state index is 12.5. The van der Waals surface area contributed by atoms with E-state index in [4.69, 9.17) is 0 Å². The molecule has 1 amide bonds. The number of rotatable bonds is 0. The molecule has 0 bridgehead atoms. The van der Waals surface area contributed by atoms with Crippen LogP contribution in [0, 0.1) is 0 Å². The van der Waals surface area contributed by atoms with Crippen molar-refractivity contribution in [1.29, 1.82) is 0 Å². The lowest BCUT2D eigenvalue weighted by molar-refractivity contribution is -0.130. The molecule has 0 aliphatic carbocycles. The molecule has 0 aromatic carbocycles. The second kappa shape index (κ2) is 5.98. The average Bonchev–Trinajstić information content (AvgIpc) is 2.09. The van der Waals surface area contributed by atoms with E-state index < -0.39 is 6.17 Å². The molecule has 0 aromatic rings. The monoisotopic (exact) mass is 175 g/mol. The van der Waals surface area contributed by atoms with Gasteiger partial charge < -0.3 is 4.90 Å². The Kier molecular flexibility index (Phi) is 5.68. The van der Waals surface area contributed by atoms with Crippen molar-refractivity contribution in [3.8, 4) is 0 Å². The number of amides is 1. The molecule has 0 unspecified atom stereocenters. The van der Waals surface area contributed by atoms with E-state index in [-0.39, 0.29) is 5.91 Å². The predicted octanol–water partition coefficient (Wildman–Crippen LogP) is 1.99. The third-order valence-corrected chi connectivity index (χ3v) is 1.87. The van der Waals surface area contributed by atoms with Crippen molar-refractivity contribution in [2.24, 2.45) is 0 Å². The van der Waals surface area contributed by atoms with Crippen molar-refractivity contribution < 1.29 is 9.18 Å². The highest BCUT2D eigenvalue weighted by molar-refractivity contribution is 5.73. The summed E-state index contributed by atoms with van der Waals surface area (Å²) in [6.07, 6.45) is 0.342. The van der Waals surface area contributed by atoms with Crippen molar-refractivity contribution in [2.75, 3.05) is 13.1 Å². The predicted molar refractivity (Wildman–Crippen MR) is 47.7 cm³/mol. The Morgan fingerprint density at radius 2 is 1.75 bits per heavy atom. The third kappa shape index (κ3) is 3.69. The zero-order valence-electron chi connectivity index (χ0n) is 8.14. The van der Waals surface area contributed by atoms with Gasteiger partial charge >= 0.3 is 0 Å². The van der Waals surface area contributed by atoms with Crippen molar-refractivity contribution >= 4 is 5.91 Å². The maximum atomic E-state index is 12.5. The van der Waals surface area contributed by atoms with Crippen LogP contribution in [0.15, 0.2) is 0 Å². The fourth-order valence-electron chi connectivity index (χ4n) is 1.16. The highest BCUT2D eigenvalue weighted by atomic mass is 19.1. The van der Waals surface area contributed by atoms with Gasteiger partial charge in [-0.3, -0.25) is 4.79 Å². The molecule has 12 heavy (non-hydrogen) atoms. The van der Waals surface area contributed by atoms with Crippen LogP contribution in [-0.4, -0.2) is 30.1 Å². The van der Waals surface area contributed by atoms with Crippen molar-refractivity contribution in [1.82, 2.24) is 4.90 Å². The maximum Gasteiger partial charge on any atom is 0.219 e. The van der Waals surface area contributed by atoms with E-state index >= 15 is 0 Å². The smallest absolute Gasteiger partial charge is 0.219 e. The van der Waals surface area contributed by atoms with E-state index in [2.05, 4.69) is 0 Å². The molecule has 0 N–H and O–H groups in total. The number of piperidine rings is 1. The number of carbonyl (C=O) groups excluding carboxylic acids is 1. The highest BCUT2D eigenvalue weighted by Crippen LogP contribution is 2.12. The summed E-state index contributed by atoms with van der Waals surface area (Å²) in [6.45, 7) is 6.71. The van der Waals surface area contributed by atoms with Crippen molar-refractivity contribution in [3.05, 3.63) is 0 Å². The largest absolute Gasteiger partial charge is 0.343 e. The first-order valence-electron chi connectivity index (χ1n) is 4.59. The summed E-state index contributed by atoms with van der Waals surface area (Å²) in [7, 11) is 0. The lowest BCUT2D eigenvalue weighted by Gasteiger charge is -2.27. The van der Waals surface area contributed by atoms with Crippen LogP contribution in [0.3, 0.4) is 0 Å². The van der Waals surface area contributed by atoms with Crippen LogP contribution in [0.1, 0.15) is 33.6 Å². The molecule has 0 radical (unpaired) electrons. The summed E-state index contributed by atoms with van der Waals surface area (Å²) >= 11 is 0. The summed E-state index contributed by atoms with van der Waals surface area (Å²) < 4.78 is 12.5. The van der Waals surface area contributed by atoms with E-state index in [0.717, 1.165) is 0 Å². The van der Waals surface area contributed by atoms with Gasteiger partial charge in [-0.2, -0.15) is 0 Å². The Balaban J connectivity index is 0.000000561. The molecule has 72 valence electrons. The van der Waals surface area contributed by atoms with Gasteiger partial charge in [-0.25, -0.2) is 4.39 Å². The van der Waals surface area contributed by atoms with E-state index in [0.29, 0.717) is 25.9 Å². The summed E-state index contributed by atoms with van der Waals surface area (Å²) in [5.74, 6) is 0.0619. The van der Waals surface area contributed by atoms with Crippen LogP contribution in [-0.2, 0) is 4.79 Å². The second-order valence-corrected chi connectivity index (χ2v) is 2.68. The summed E-state index contributed by atoms with van der Waals surface area (Å²) in [5, 5.41) is 0. The highest BCUT2D eigenvalue weighted by Gasteiger charge is 2.19. The van der Waals surface area contributed by atoms with Gasteiger partial charge in [0, 0.05) is 20.0 Å². The fourth-order valence-corrected chi connectivity index (χ4v) is 1.16. The summed E-state index contributed by atoms with van der Waals surface area (Å²) in [4.78, 5) is 12.4. The van der Waals surface area contributed by atoms with Gasteiger partial charge in [0.2, 0.25) is 5.91 Å². The van der Waals surface area contributed by atoms with E-state index in [1.54, 1.807) is 4.90 Å². The Bertz CT molecular complexity index is 130. The van der Waals surface area contributed by atoms with Gasteiger partial charge in [0.25, 0.3) is 0 Å². The summed E-state index contributed by atoms with van der Waals surface area (Å²) in [6, 6.07) is 0. The van der Waals surface area contributed by atoms with Crippen LogP contribution < -0.4 is 0 Å². The number of likely N-dealkylation sites (tertiary alicyclic amines) is 1. The normalized spacial score (nSPS) is 18.2. The minimum Gasteiger partial charge on any atom is -0.343 e. The van der Waals surface area contributed by atoms with Gasteiger partial charge in [-0.1, -0.05) is 13.8 Å². The number of alkyl halides is 1. The Morgan fingerprint density at radius 1 is 1.33 bits per heavy atom. The van der Waals surface area contributed by atoms with Gasteiger partial charge in [0.15, 0.2) is 0 Å². The van der Waals surface area contributed by atoms with Crippen LogP contribution in [0.2, 0.25) is 0 Å². The molecule has 1 rings (SSSR count). The Hall–Kier alpha value is -0.600. The second-order valence-electron chi connectivity index (χ2n) is 2.68. The number of carbonyl (C=O) groups is 1. The molecule has 2 nitrogen and oxygen atoms in total. The molecule has 3 heteroatoms. The van der Waals surface area contributed by atoms with Crippen LogP contribution >= 0.6 is 0 Å². The molecule has 0 spiro atoms. The molecule has 0 saturated carbocycles. The lowest BCUT2D eigenvalue weighted by atomic mass is 10.1. The molecule has 0 aromatic heterocycles. The lowest BCUT2D eigenvalue weighted by Crippen LogP contribution is -2.37.